The fourth-order valence-electron chi connectivity index (χ4n) is 10.5. The molecule has 43 heavy (non-hydrogen) atoms. The van der Waals surface area contributed by atoms with Crippen LogP contribution >= 0.6 is 0 Å². The molecule has 8 heteroatoms. The molecule has 4 fully saturated rings. The molecule has 0 aliphatic heterocycles. The highest BCUT2D eigenvalue weighted by atomic mass is 16.5. The van der Waals surface area contributed by atoms with Crippen molar-refractivity contribution >= 4 is 17.5 Å². The maximum absolute atomic E-state index is 15.3. The summed E-state index contributed by atoms with van der Waals surface area (Å²) in [6.45, 7) is 12.3. The van der Waals surface area contributed by atoms with E-state index >= 15 is 4.79 Å². The van der Waals surface area contributed by atoms with Crippen molar-refractivity contribution in [2.75, 3.05) is 0 Å². The van der Waals surface area contributed by atoms with Crippen LogP contribution in [0.2, 0.25) is 0 Å². The number of pyridine rings is 1. The normalized spacial score (nSPS) is 39.3. The lowest BCUT2D eigenvalue weighted by Gasteiger charge is -2.64. The fraction of sp³-hybridized carbons (Fsp3) is 0.714. The van der Waals surface area contributed by atoms with Crippen LogP contribution in [0.1, 0.15) is 99.0 Å². The van der Waals surface area contributed by atoms with Gasteiger partial charge in [0.05, 0.1) is 11.9 Å². The first kappa shape index (κ1) is 30.1. The van der Waals surface area contributed by atoms with E-state index in [9.17, 15) is 9.59 Å². The van der Waals surface area contributed by atoms with Crippen LogP contribution in [0.15, 0.2) is 30.6 Å². The number of ether oxygens (including phenoxy) is 1. The number of rotatable bonds is 7. The fourth-order valence-corrected chi connectivity index (χ4v) is 10.5. The Bertz CT molecular complexity index is 1370. The topological polar surface area (TPSA) is 104 Å². The van der Waals surface area contributed by atoms with Gasteiger partial charge in [-0.2, -0.15) is 0 Å². The second kappa shape index (κ2) is 11.2. The Morgan fingerprint density at radius 2 is 1.91 bits per heavy atom. The summed E-state index contributed by atoms with van der Waals surface area (Å²) in [5.41, 5.74) is 0.695. The van der Waals surface area contributed by atoms with E-state index in [0.29, 0.717) is 24.0 Å². The molecular weight excluding hydrogens is 540 g/mol. The van der Waals surface area contributed by atoms with Crippen molar-refractivity contribution in [2.24, 2.45) is 52.3 Å². The maximum Gasteiger partial charge on any atom is 0.302 e. The number of esters is 1. The first-order chi connectivity index (χ1) is 20.4. The molecule has 6 unspecified atom stereocenters. The van der Waals surface area contributed by atoms with Crippen molar-refractivity contribution in [1.29, 1.82) is 0 Å². The average Bonchev–Trinajstić information content (AvgIpc) is 3.59. The Labute approximate surface area is 255 Å². The molecule has 2 heterocycles. The van der Waals surface area contributed by atoms with Gasteiger partial charge in [0.2, 0.25) is 0 Å². The minimum Gasteiger partial charge on any atom is -0.462 e. The maximum atomic E-state index is 15.3. The highest BCUT2D eigenvalue weighted by molar-refractivity contribution is 5.91. The molecule has 11 atom stereocenters. The third-order valence-electron chi connectivity index (χ3n) is 12.5. The Morgan fingerprint density at radius 1 is 1.12 bits per heavy atom. The van der Waals surface area contributed by atoms with Crippen molar-refractivity contribution in [3.63, 3.8) is 0 Å². The van der Waals surface area contributed by atoms with Crippen LogP contribution in [0.4, 0.5) is 0 Å². The summed E-state index contributed by atoms with van der Waals surface area (Å²) in [7, 11) is 0. The van der Waals surface area contributed by atoms with E-state index in [-0.39, 0.29) is 58.6 Å². The zero-order valence-corrected chi connectivity index (χ0v) is 26.7. The standard InChI is InChI=1S/C35H48N4O4/c1-20-14-15-34(5)24(17-20)18-29(43-23(4)41)30-26-13-12-25(21(2)10-11-22(3)40)35(26,6)33(42)32(31(30)34)39-19-28(37-38-39)27-9-7-8-16-36-27/h7-9,16,19-21,24-26,29-32H,10-15,17-18H2,1-6H3/t20-,21-,24+,25?,26?,29?,30?,31?,32?,34+,35-/m1/s1. The number of Topliss-reactive ketones (excluding diaryl/α,β-unsaturated/α-hetero) is 2. The Morgan fingerprint density at radius 3 is 2.60 bits per heavy atom. The molecule has 232 valence electrons. The molecule has 2 aromatic heterocycles. The summed E-state index contributed by atoms with van der Waals surface area (Å²) < 4.78 is 8.11. The number of carbonyl (C=O) groups excluding carboxylic acids is 3. The van der Waals surface area contributed by atoms with Crippen LogP contribution < -0.4 is 0 Å². The molecule has 0 saturated heterocycles. The Hall–Kier alpha value is -2.90. The number of fused-ring (bicyclic) bond motifs is 5. The van der Waals surface area contributed by atoms with Gasteiger partial charge in [0.25, 0.3) is 0 Å². The summed E-state index contributed by atoms with van der Waals surface area (Å²) in [5.74, 6) is 1.71. The lowest BCUT2D eigenvalue weighted by molar-refractivity contribution is -0.203. The van der Waals surface area contributed by atoms with Gasteiger partial charge < -0.3 is 9.53 Å². The summed E-state index contributed by atoms with van der Waals surface area (Å²) in [6.07, 6.45) is 10.8. The second-order valence-electron chi connectivity index (χ2n) is 15.0. The largest absolute Gasteiger partial charge is 0.462 e. The lowest BCUT2D eigenvalue weighted by Crippen LogP contribution is -2.65. The summed E-state index contributed by atoms with van der Waals surface area (Å²) in [6, 6.07) is 5.22. The van der Waals surface area contributed by atoms with E-state index in [1.807, 2.05) is 29.1 Å². The zero-order valence-electron chi connectivity index (χ0n) is 26.7. The third kappa shape index (κ3) is 4.97. The van der Waals surface area contributed by atoms with Gasteiger partial charge in [0.15, 0.2) is 5.78 Å². The van der Waals surface area contributed by atoms with Gasteiger partial charge in [0, 0.05) is 36.8 Å². The number of carbonyl (C=O) groups is 3. The summed E-state index contributed by atoms with van der Waals surface area (Å²) >= 11 is 0. The molecule has 2 aromatic rings. The summed E-state index contributed by atoms with van der Waals surface area (Å²) in [4.78, 5) is 44.3. The SMILES string of the molecule is CC(=O)CC[C@@H](C)C1CCC2C3C(OC(C)=O)C[C@@H]4C[C@H](C)CC[C@]4(C)C3C(n3cc(-c4ccccn4)nn3)C(=O)[C@@]21C. The van der Waals surface area contributed by atoms with Crippen LogP contribution in [-0.4, -0.2) is 43.6 Å². The van der Waals surface area contributed by atoms with Crippen LogP contribution in [0.3, 0.4) is 0 Å². The average molecular weight is 589 g/mol. The van der Waals surface area contributed by atoms with Gasteiger partial charge in [0.1, 0.15) is 23.6 Å². The van der Waals surface area contributed by atoms with Crippen molar-refractivity contribution in [1.82, 2.24) is 20.0 Å². The van der Waals surface area contributed by atoms with Crippen LogP contribution in [0, 0.1) is 52.3 Å². The molecule has 0 spiro atoms. The quantitative estimate of drug-likeness (QED) is 0.340. The van der Waals surface area contributed by atoms with E-state index < -0.39 is 11.5 Å². The molecular formula is C35H48N4O4. The number of nitrogens with zero attached hydrogens (tertiary/aromatic N) is 4. The van der Waals surface area contributed by atoms with E-state index in [4.69, 9.17) is 4.74 Å². The summed E-state index contributed by atoms with van der Waals surface area (Å²) in [5, 5.41) is 9.18. The van der Waals surface area contributed by atoms with Crippen molar-refractivity contribution < 1.29 is 19.1 Å². The number of ketones is 2. The molecule has 4 aliphatic carbocycles. The van der Waals surface area contributed by atoms with Gasteiger partial charge in [-0.1, -0.05) is 45.4 Å². The molecule has 0 bridgehead atoms. The third-order valence-corrected chi connectivity index (χ3v) is 12.5. The highest BCUT2D eigenvalue weighted by Gasteiger charge is 2.70. The highest BCUT2D eigenvalue weighted by Crippen LogP contribution is 2.70. The molecule has 0 aromatic carbocycles. The van der Waals surface area contributed by atoms with E-state index in [1.165, 1.54) is 6.92 Å². The molecule has 8 nitrogen and oxygen atoms in total. The van der Waals surface area contributed by atoms with Crippen molar-refractivity contribution in [2.45, 2.75) is 105 Å². The number of hydrogen-bond acceptors (Lipinski definition) is 7. The van der Waals surface area contributed by atoms with Crippen LogP contribution in [0.5, 0.6) is 0 Å². The second-order valence-corrected chi connectivity index (χ2v) is 15.0. The van der Waals surface area contributed by atoms with Crippen molar-refractivity contribution in [3.05, 3.63) is 30.6 Å². The molecule has 4 saturated carbocycles. The Kier molecular flexibility index (Phi) is 7.87. The molecule has 4 aliphatic rings. The minimum atomic E-state index is -0.608. The zero-order chi connectivity index (χ0) is 30.7. The molecule has 0 radical (unpaired) electrons. The van der Waals surface area contributed by atoms with E-state index in [2.05, 4.69) is 43.0 Å². The predicted molar refractivity (Wildman–Crippen MR) is 162 cm³/mol. The van der Waals surface area contributed by atoms with Crippen LogP contribution in [0.25, 0.3) is 11.4 Å². The predicted octanol–water partition coefficient (Wildman–Crippen LogP) is 6.51. The minimum absolute atomic E-state index is 0.0155. The Balaban J connectivity index is 1.49. The van der Waals surface area contributed by atoms with Gasteiger partial charge in [-0.15, -0.1) is 5.10 Å². The number of hydrogen-bond donors (Lipinski definition) is 0. The van der Waals surface area contributed by atoms with Gasteiger partial charge in [-0.25, -0.2) is 4.68 Å². The van der Waals surface area contributed by atoms with Crippen molar-refractivity contribution in [3.8, 4) is 11.4 Å². The monoisotopic (exact) mass is 588 g/mol. The van der Waals surface area contributed by atoms with E-state index in [0.717, 1.165) is 50.6 Å². The van der Waals surface area contributed by atoms with Crippen LogP contribution in [-0.2, 0) is 19.1 Å². The van der Waals surface area contributed by atoms with Gasteiger partial charge in [-0.05, 0) is 92.6 Å². The molecule has 0 N–H and O–H groups in total. The van der Waals surface area contributed by atoms with E-state index in [1.54, 1.807) is 13.1 Å². The molecule has 6 rings (SSSR count). The smallest absolute Gasteiger partial charge is 0.302 e. The van der Waals surface area contributed by atoms with Gasteiger partial charge >= 0.3 is 5.97 Å². The first-order valence-electron chi connectivity index (χ1n) is 16.5. The molecule has 0 amide bonds. The van der Waals surface area contributed by atoms with Gasteiger partial charge in [-0.3, -0.25) is 14.6 Å². The first-order valence-corrected chi connectivity index (χ1v) is 16.5. The number of aromatic nitrogens is 4. The lowest BCUT2D eigenvalue weighted by atomic mass is 9.41.